The smallest absolute Gasteiger partial charge is 0.315 e. The lowest BCUT2D eigenvalue weighted by atomic mass is 10.00. The van der Waals surface area contributed by atoms with Gasteiger partial charge in [0.05, 0.1) is 20.3 Å². The van der Waals surface area contributed by atoms with E-state index in [2.05, 4.69) is 0 Å². The third kappa shape index (κ3) is 4.33. The van der Waals surface area contributed by atoms with E-state index in [9.17, 15) is 9.90 Å². The molecule has 0 saturated carbocycles. The van der Waals surface area contributed by atoms with Crippen molar-refractivity contribution in [1.29, 1.82) is 0 Å². The zero-order valence-electron chi connectivity index (χ0n) is 12.6. The van der Waals surface area contributed by atoms with Gasteiger partial charge in [-0.3, -0.25) is 4.79 Å². The molecule has 2 aromatic rings. The fraction of sp³-hybridized carbons (Fsp3) is 0.278. The van der Waals surface area contributed by atoms with Crippen LogP contribution in [0.2, 0.25) is 0 Å². The van der Waals surface area contributed by atoms with Crippen molar-refractivity contribution in [3.8, 4) is 5.75 Å². The number of carbonyl (C=O) groups is 1. The molecule has 0 saturated heterocycles. The third-order valence-electron chi connectivity index (χ3n) is 3.46. The van der Waals surface area contributed by atoms with Crippen molar-refractivity contribution in [3.63, 3.8) is 0 Å². The van der Waals surface area contributed by atoms with E-state index in [4.69, 9.17) is 9.47 Å². The van der Waals surface area contributed by atoms with E-state index in [1.807, 2.05) is 30.3 Å². The summed E-state index contributed by atoms with van der Waals surface area (Å²) in [5.74, 6) is -0.372. The Kier molecular flexibility index (Phi) is 5.98. The number of benzene rings is 2. The van der Waals surface area contributed by atoms with Crippen LogP contribution in [0.3, 0.4) is 0 Å². The molecule has 0 radical (unpaired) electrons. The molecule has 1 N–H and O–H groups in total. The summed E-state index contributed by atoms with van der Waals surface area (Å²) >= 11 is 0. The van der Waals surface area contributed by atoms with Crippen molar-refractivity contribution in [2.24, 2.45) is 0 Å². The van der Waals surface area contributed by atoms with Gasteiger partial charge >= 0.3 is 5.97 Å². The Morgan fingerprint density at radius 1 is 1.09 bits per heavy atom. The summed E-state index contributed by atoms with van der Waals surface area (Å²) in [5, 5.41) is 9.46. The van der Waals surface area contributed by atoms with E-state index >= 15 is 0 Å². The normalized spacial score (nSPS) is 11.7. The number of hydrogen-bond acceptors (Lipinski definition) is 4. The SMILES string of the molecule is COc1ccc(C(CO)C(=O)OCCc2ccccc2)cc1. The minimum absolute atomic E-state index is 0.281. The Bertz CT molecular complexity index is 578. The van der Waals surface area contributed by atoms with Crippen molar-refractivity contribution in [2.75, 3.05) is 20.3 Å². The summed E-state index contributed by atoms with van der Waals surface area (Å²) < 4.78 is 10.4. The molecular formula is C18H20O4. The Hall–Kier alpha value is -2.33. The quantitative estimate of drug-likeness (QED) is 0.798. The van der Waals surface area contributed by atoms with Gasteiger partial charge in [0.1, 0.15) is 11.7 Å². The molecule has 2 aromatic carbocycles. The lowest BCUT2D eigenvalue weighted by Crippen LogP contribution is -2.20. The van der Waals surface area contributed by atoms with E-state index in [-0.39, 0.29) is 6.61 Å². The molecule has 0 spiro atoms. The van der Waals surface area contributed by atoms with Gasteiger partial charge in [-0.1, -0.05) is 42.5 Å². The summed E-state index contributed by atoms with van der Waals surface area (Å²) in [6, 6.07) is 16.9. The average Bonchev–Trinajstić information content (AvgIpc) is 2.57. The molecule has 0 aliphatic heterocycles. The second kappa shape index (κ2) is 8.20. The number of aliphatic hydroxyl groups excluding tert-OH is 1. The first-order valence-corrected chi connectivity index (χ1v) is 7.20. The molecule has 1 unspecified atom stereocenters. The molecule has 2 rings (SSSR count). The van der Waals surface area contributed by atoms with Gasteiger partial charge in [-0.2, -0.15) is 0 Å². The number of methoxy groups -OCH3 is 1. The van der Waals surface area contributed by atoms with Gasteiger partial charge in [-0.25, -0.2) is 0 Å². The number of rotatable bonds is 7. The van der Waals surface area contributed by atoms with Gasteiger partial charge in [0.15, 0.2) is 0 Å². The van der Waals surface area contributed by atoms with Crippen LogP contribution in [0.25, 0.3) is 0 Å². The summed E-state index contributed by atoms with van der Waals surface area (Å²) in [4.78, 5) is 12.1. The monoisotopic (exact) mass is 300 g/mol. The van der Waals surface area contributed by atoms with Crippen LogP contribution in [-0.4, -0.2) is 31.4 Å². The minimum atomic E-state index is -0.665. The van der Waals surface area contributed by atoms with Gasteiger partial charge in [-0.15, -0.1) is 0 Å². The Labute approximate surface area is 130 Å². The summed E-state index contributed by atoms with van der Waals surface area (Å²) in [6.07, 6.45) is 0.660. The summed E-state index contributed by atoms with van der Waals surface area (Å²) in [6.45, 7) is 0.0198. The molecule has 1 atom stereocenters. The number of esters is 1. The van der Waals surface area contributed by atoms with Gasteiger partial charge < -0.3 is 14.6 Å². The highest BCUT2D eigenvalue weighted by Crippen LogP contribution is 2.20. The van der Waals surface area contributed by atoms with Crippen LogP contribution in [0, 0.1) is 0 Å². The fourth-order valence-electron chi connectivity index (χ4n) is 2.17. The van der Waals surface area contributed by atoms with Crippen LogP contribution in [0.1, 0.15) is 17.0 Å². The summed E-state index contributed by atoms with van der Waals surface area (Å²) in [7, 11) is 1.58. The average molecular weight is 300 g/mol. The van der Waals surface area contributed by atoms with Crippen molar-refractivity contribution in [3.05, 3.63) is 65.7 Å². The maximum Gasteiger partial charge on any atom is 0.315 e. The van der Waals surface area contributed by atoms with Crippen molar-refractivity contribution in [2.45, 2.75) is 12.3 Å². The predicted octanol–water partition coefficient (Wildman–Crippen LogP) is 2.56. The first kappa shape index (κ1) is 16.0. The second-order valence-corrected chi connectivity index (χ2v) is 4.91. The lowest BCUT2D eigenvalue weighted by Gasteiger charge is -2.14. The largest absolute Gasteiger partial charge is 0.497 e. The highest BCUT2D eigenvalue weighted by atomic mass is 16.5. The molecule has 4 heteroatoms. The Morgan fingerprint density at radius 2 is 1.77 bits per heavy atom. The maximum absolute atomic E-state index is 12.1. The fourth-order valence-corrected chi connectivity index (χ4v) is 2.17. The van der Waals surface area contributed by atoms with Gasteiger partial charge in [0.25, 0.3) is 0 Å². The first-order valence-electron chi connectivity index (χ1n) is 7.20. The highest BCUT2D eigenvalue weighted by Gasteiger charge is 2.21. The lowest BCUT2D eigenvalue weighted by molar-refractivity contribution is -0.146. The number of carbonyl (C=O) groups excluding carboxylic acids is 1. The molecule has 116 valence electrons. The van der Waals surface area contributed by atoms with Crippen LogP contribution in [0.15, 0.2) is 54.6 Å². The molecular weight excluding hydrogens is 280 g/mol. The van der Waals surface area contributed by atoms with Crippen LogP contribution >= 0.6 is 0 Å². The van der Waals surface area contributed by atoms with E-state index in [1.165, 1.54) is 0 Å². The molecule has 0 amide bonds. The van der Waals surface area contributed by atoms with Gasteiger partial charge in [0, 0.05) is 6.42 Å². The van der Waals surface area contributed by atoms with Gasteiger partial charge in [0.2, 0.25) is 0 Å². The third-order valence-corrected chi connectivity index (χ3v) is 3.46. The number of hydrogen-bond donors (Lipinski definition) is 1. The van der Waals surface area contributed by atoms with Crippen LogP contribution in [-0.2, 0) is 16.0 Å². The zero-order chi connectivity index (χ0) is 15.8. The molecule has 0 aromatic heterocycles. The zero-order valence-corrected chi connectivity index (χ0v) is 12.6. The molecule has 0 bridgehead atoms. The van der Waals surface area contributed by atoms with Gasteiger partial charge in [-0.05, 0) is 23.3 Å². The number of ether oxygens (including phenoxy) is 2. The molecule has 4 nitrogen and oxygen atoms in total. The van der Waals surface area contributed by atoms with Crippen molar-refractivity contribution >= 4 is 5.97 Å². The van der Waals surface area contributed by atoms with E-state index in [0.29, 0.717) is 24.3 Å². The standard InChI is InChI=1S/C18H20O4/c1-21-16-9-7-15(8-10-16)17(13-19)18(20)22-12-11-14-5-3-2-4-6-14/h2-10,17,19H,11-13H2,1H3. The van der Waals surface area contributed by atoms with Crippen molar-refractivity contribution < 1.29 is 19.4 Å². The second-order valence-electron chi connectivity index (χ2n) is 4.91. The Balaban J connectivity index is 1.90. The van der Waals surface area contributed by atoms with Crippen molar-refractivity contribution in [1.82, 2.24) is 0 Å². The summed E-state index contributed by atoms with van der Waals surface area (Å²) in [5.41, 5.74) is 1.83. The molecule has 0 aliphatic rings. The highest BCUT2D eigenvalue weighted by molar-refractivity contribution is 5.78. The minimum Gasteiger partial charge on any atom is -0.497 e. The number of aliphatic hydroxyl groups is 1. The topological polar surface area (TPSA) is 55.8 Å². The van der Waals surface area contributed by atoms with E-state index in [0.717, 1.165) is 5.56 Å². The molecule has 22 heavy (non-hydrogen) atoms. The van der Waals surface area contributed by atoms with E-state index < -0.39 is 11.9 Å². The first-order chi connectivity index (χ1) is 10.7. The van der Waals surface area contributed by atoms with Crippen LogP contribution < -0.4 is 4.74 Å². The van der Waals surface area contributed by atoms with Crippen LogP contribution in [0.4, 0.5) is 0 Å². The molecule has 0 heterocycles. The molecule has 0 fully saturated rings. The maximum atomic E-state index is 12.1. The molecule has 0 aliphatic carbocycles. The van der Waals surface area contributed by atoms with Crippen LogP contribution in [0.5, 0.6) is 5.75 Å². The Morgan fingerprint density at radius 3 is 2.36 bits per heavy atom. The predicted molar refractivity (Wildman–Crippen MR) is 83.9 cm³/mol. The van der Waals surface area contributed by atoms with E-state index in [1.54, 1.807) is 31.4 Å².